The van der Waals surface area contributed by atoms with Crippen LogP contribution in [0.1, 0.15) is 45.8 Å². The molecule has 1 heterocycles. The number of hydrogen-bond donors (Lipinski definition) is 1. The van der Waals surface area contributed by atoms with Gasteiger partial charge in [-0.05, 0) is 48.1 Å². The SMILES string of the molecule is N#Cc1cc(C(N)=O)ccc1N1CCC(C(c2ccccc2)c2ccccc2)CC1. The minimum atomic E-state index is -0.509. The van der Waals surface area contributed by atoms with Crippen molar-refractivity contribution in [2.75, 3.05) is 18.0 Å². The third kappa shape index (κ3) is 4.06. The van der Waals surface area contributed by atoms with Crippen LogP contribution in [-0.4, -0.2) is 19.0 Å². The van der Waals surface area contributed by atoms with E-state index in [-0.39, 0.29) is 0 Å². The Morgan fingerprint density at radius 1 is 0.933 bits per heavy atom. The summed E-state index contributed by atoms with van der Waals surface area (Å²) >= 11 is 0. The molecule has 30 heavy (non-hydrogen) atoms. The molecule has 0 atom stereocenters. The van der Waals surface area contributed by atoms with Crippen LogP contribution in [0.4, 0.5) is 5.69 Å². The van der Waals surface area contributed by atoms with Gasteiger partial charge in [0.25, 0.3) is 0 Å². The first-order valence-electron chi connectivity index (χ1n) is 10.4. The van der Waals surface area contributed by atoms with E-state index in [0.29, 0.717) is 23.0 Å². The first-order valence-corrected chi connectivity index (χ1v) is 10.4. The summed E-state index contributed by atoms with van der Waals surface area (Å²) in [5, 5.41) is 9.56. The van der Waals surface area contributed by atoms with Gasteiger partial charge in [0.1, 0.15) is 6.07 Å². The molecule has 0 aromatic heterocycles. The second-order valence-electron chi connectivity index (χ2n) is 7.83. The molecule has 1 fully saturated rings. The molecule has 2 N–H and O–H groups in total. The van der Waals surface area contributed by atoms with E-state index in [1.165, 1.54) is 11.1 Å². The molecule has 0 spiro atoms. The average molecular weight is 396 g/mol. The highest BCUT2D eigenvalue weighted by Crippen LogP contribution is 2.39. The second kappa shape index (κ2) is 8.84. The standard InChI is InChI=1S/C26H25N3O/c27-18-23-17-22(26(28)30)11-12-24(23)29-15-13-21(14-16-29)25(19-7-3-1-4-8-19)20-9-5-2-6-10-20/h1-12,17,21,25H,13-16H2,(H2,28,30). The molecular weight excluding hydrogens is 370 g/mol. The number of nitrogens with two attached hydrogens (primary N) is 1. The molecule has 4 rings (SSSR count). The summed E-state index contributed by atoms with van der Waals surface area (Å²) in [4.78, 5) is 13.7. The first-order chi connectivity index (χ1) is 14.7. The van der Waals surface area contributed by atoms with Gasteiger partial charge in [-0.15, -0.1) is 0 Å². The van der Waals surface area contributed by atoms with Crippen LogP contribution >= 0.6 is 0 Å². The van der Waals surface area contributed by atoms with Gasteiger partial charge in [-0.2, -0.15) is 5.26 Å². The molecule has 0 aliphatic carbocycles. The molecule has 1 aliphatic heterocycles. The van der Waals surface area contributed by atoms with Crippen LogP contribution in [0.25, 0.3) is 0 Å². The number of anilines is 1. The number of nitrogens with zero attached hydrogens (tertiary/aromatic N) is 2. The molecule has 1 amide bonds. The van der Waals surface area contributed by atoms with Gasteiger partial charge in [0.2, 0.25) is 5.91 Å². The molecule has 1 aliphatic rings. The monoisotopic (exact) mass is 395 g/mol. The smallest absolute Gasteiger partial charge is 0.248 e. The molecule has 0 radical (unpaired) electrons. The lowest BCUT2D eigenvalue weighted by Gasteiger charge is -2.38. The highest BCUT2D eigenvalue weighted by molar-refractivity contribution is 5.93. The van der Waals surface area contributed by atoms with Crippen molar-refractivity contribution < 1.29 is 4.79 Å². The summed E-state index contributed by atoms with van der Waals surface area (Å²) in [6.07, 6.45) is 2.08. The van der Waals surface area contributed by atoms with E-state index in [4.69, 9.17) is 5.73 Å². The van der Waals surface area contributed by atoms with Crippen molar-refractivity contribution in [3.05, 3.63) is 101 Å². The largest absolute Gasteiger partial charge is 0.370 e. The van der Waals surface area contributed by atoms with E-state index >= 15 is 0 Å². The van der Waals surface area contributed by atoms with Gasteiger partial charge < -0.3 is 10.6 Å². The number of benzene rings is 3. The van der Waals surface area contributed by atoms with Crippen molar-refractivity contribution >= 4 is 11.6 Å². The number of piperidine rings is 1. The third-order valence-electron chi connectivity index (χ3n) is 6.07. The predicted octanol–water partition coefficient (Wildman–Crippen LogP) is 4.71. The molecule has 4 heteroatoms. The van der Waals surface area contributed by atoms with Gasteiger partial charge in [0.05, 0.1) is 11.3 Å². The van der Waals surface area contributed by atoms with Crippen LogP contribution in [0, 0.1) is 17.2 Å². The highest BCUT2D eigenvalue weighted by Gasteiger charge is 2.29. The molecule has 1 saturated heterocycles. The van der Waals surface area contributed by atoms with Crippen LogP contribution in [0.2, 0.25) is 0 Å². The van der Waals surface area contributed by atoms with Crippen molar-refractivity contribution in [3.8, 4) is 6.07 Å². The Balaban J connectivity index is 1.56. The maximum absolute atomic E-state index is 11.4. The van der Waals surface area contributed by atoms with Gasteiger partial charge in [-0.25, -0.2) is 0 Å². The van der Waals surface area contributed by atoms with Crippen molar-refractivity contribution in [1.82, 2.24) is 0 Å². The van der Waals surface area contributed by atoms with Crippen molar-refractivity contribution in [2.24, 2.45) is 11.7 Å². The number of rotatable bonds is 5. The van der Waals surface area contributed by atoms with Crippen LogP contribution in [0.5, 0.6) is 0 Å². The lowest BCUT2D eigenvalue weighted by molar-refractivity contribution is 0.100. The Kier molecular flexibility index (Phi) is 5.81. The number of nitriles is 1. The van der Waals surface area contributed by atoms with Crippen LogP contribution in [0.3, 0.4) is 0 Å². The van der Waals surface area contributed by atoms with Gasteiger partial charge in [-0.3, -0.25) is 4.79 Å². The van der Waals surface area contributed by atoms with E-state index in [0.717, 1.165) is 31.6 Å². The van der Waals surface area contributed by atoms with Crippen molar-refractivity contribution in [1.29, 1.82) is 5.26 Å². The normalized spacial score (nSPS) is 14.5. The number of carbonyl (C=O) groups excluding carboxylic acids is 1. The molecule has 0 saturated carbocycles. The van der Waals surface area contributed by atoms with Gasteiger partial charge in [0, 0.05) is 24.6 Å². The number of amides is 1. The molecular formula is C26H25N3O. The molecule has 3 aromatic carbocycles. The quantitative estimate of drug-likeness (QED) is 0.680. The Bertz CT molecular complexity index is 1010. The summed E-state index contributed by atoms with van der Waals surface area (Å²) in [7, 11) is 0. The average Bonchev–Trinajstić information content (AvgIpc) is 2.81. The minimum absolute atomic E-state index is 0.363. The number of hydrogen-bond acceptors (Lipinski definition) is 3. The van der Waals surface area contributed by atoms with Gasteiger partial charge >= 0.3 is 0 Å². The van der Waals surface area contributed by atoms with E-state index in [1.807, 2.05) is 6.07 Å². The lowest BCUT2D eigenvalue weighted by atomic mass is 9.76. The Hall–Kier alpha value is -3.58. The molecule has 0 unspecified atom stereocenters. The zero-order chi connectivity index (χ0) is 20.9. The maximum atomic E-state index is 11.4. The molecule has 3 aromatic rings. The van der Waals surface area contributed by atoms with Crippen molar-refractivity contribution in [3.63, 3.8) is 0 Å². The fraction of sp³-hybridized carbons (Fsp3) is 0.231. The molecule has 150 valence electrons. The zero-order valence-electron chi connectivity index (χ0n) is 16.9. The first kappa shape index (κ1) is 19.7. The van der Waals surface area contributed by atoms with E-state index in [2.05, 4.69) is 71.6 Å². The molecule has 0 bridgehead atoms. The van der Waals surface area contributed by atoms with Crippen LogP contribution < -0.4 is 10.6 Å². The van der Waals surface area contributed by atoms with E-state index in [1.54, 1.807) is 12.1 Å². The van der Waals surface area contributed by atoms with E-state index in [9.17, 15) is 10.1 Å². The highest BCUT2D eigenvalue weighted by atomic mass is 16.1. The summed E-state index contributed by atoms with van der Waals surface area (Å²) in [6.45, 7) is 1.76. The zero-order valence-corrected chi connectivity index (χ0v) is 16.9. The van der Waals surface area contributed by atoms with Gasteiger partial charge in [-0.1, -0.05) is 60.7 Å². The molecule has 4 nitrogen and oxygen atoms in total. The Morgan fingerprint density at radius 2 is 1.50 bits per heavy atom. The number of carbonyl (C=O) groups is 1. The topological polar surface area (TPSA) is 70.1 Å². The maximum Gasteiger partial charge on any atom is 0.248 e. The summed E-state index contributed by atoms with van der Waals surface area (Å²) in [5.41, 5.74) is 9.84. The minimum Gasteiger partial charge on any atom is -0.370 e. The van der Waals surface area contributed by atoms with Crippen LogP contribution in [0.15, 0.2) is 78.9 Å². The second-order valence-corrected chi connectivity index (χ2v) is 7.83. The van der Waals surface area contributed by atoms with Gasteiger partial charge in [0.15, 0.2) is 0 Å². The predicted molar refractivity (Wildman–Crippen MR) is 119 cm³/mol. The summed E-state index contributed by atoms with van der Waals surface area (Å²) < 4.78 is 0. The Morgan fingerprint density at radius 3 is 2.00 bits per heavy atom. The number of primary amides is 1. The summed E-state index contributed by atoms with van der Waals surface area (Å²) in [6, 6.07) is 28.8. The van der Waals surface area contributed by atoms with Crippen molar-refractivity contribution in [2.45, 2.75) is 18.8 Å². The Labute approximate surface area is 177 Å². The lowest BCUT2D eigenvalue weighted by Crippen LogP contribution is -2.36. The fourth-order valence-electron chi connectivity index (χ4n) is 4.59. The fourth-order valence-corrected chi connectivity index (χ4v) is 4.59. The third-order valence-corrected chi connectivity index (χ3v) is 6.07. The van der Waals surface area contributed by atoms with Crippen LogP contribution in [-0.2, 0) is 0 Å². The summed E-state index contributed by atoms with van der Waals surface area (Å²) in [5.74, 6) is 0.383. The van der Waals surface area contributed by atoms with E-state index < -0.39 is 5.91 Å².